The second-order valence-electron chi connectivity index (χ2n) is 6.33. The smallest absolute Gasteiger partial charge is 0.142 e. The number of benzene rings is 1. The molecule has 7 N–H and O–H groups in total. The molecule has 1 saturated carbocycles. The Labute approximate surface area is 140 Å². The molecule has 0 radical (unpaired) electrons. The highest BCUT2D eigenvalue weighted by Gasteiger charge is 2.26. The minimum absolute atomic E-state index is 0.0397. The maximum absolute atomic E-state index is 10.2. The third-order valence-electron chi connectivity index (χ3n) is 4.68. The lowest BCUT2D eigenvalue weighted by molar-refractivity contribution is 0.393. The van der Waals surface area contributed by atoms with Crippen molar-refractivity contribution in [2.24, 2.45) is 5.73 Å². The van der Waals surface area contributed by atoms with E-state index in [9.17, 15) is 10.4 Å². The van der Waals surface area contributed by atoms with Gasteiger partial charge in [0.25, 0.3) is 0 Å². The third kappa shape index (κ3) is 2.86. The van der Waals surface area contributed by atoms with Gasteiger partial charge in [-0.1, -0.05) is 12.5 Å². The van der Waals surface area contributed by atoms with Gasteiger partial charge in [-0.2, -0.15) is 5.26 Å². The second kappa shape index (κ2) is 6.38. The molecule has 2 atom stereocenters. The molecule has 1 aliphatic carbocycles. The van der Waals surface area contributed by atoms with E-state index >= 15 is 0 Å². The topological polar surface area (TPSA) is 135 Å². The molecule has 2 unspecified atom stereocenters. The first-order valence-electron chi connectivity index (χ1n) is 8.05. The van der Waals surface area contributed by atoms with Crippen molar-refractivity contribution in [1.29, 1.82) is 5.26 Å². The Morgan fingerprint density at radius 3 is 2.71 bits per heavy atom. The van der Waals surface area contributed by atoms with E-state index < -0.39 is 0 Å². The molecule has 3 rings (SSSR count). The number of hydrogen-bond donors (Lipinski definition) is 4. The molecule has 0 aliphatic heterocycles. The normalized spacial score (nSPS) is 20.5. The number of anilines is 2. The van der Waals surface area contributed by atoms with Gasteiger partial charge < -0.3 is 22.3 Å². The third-order valence-corrected chi connectivity index (χ3v) is 4.68. The molecule has 0 saturated heterocycles. The summed E-state index contributed by atoms with van der Waals surface area (Å²) in [6.07, 6.45) is 3.79. The first-order chi connectivity index (χ1) is 11.5. The highest BCUT2D eigenvalue weighted by molar-refractivity contribution is 5.81. The van der Waals surface area contributed by atoms with Gasteiger partial charge in [-0.25, -0.2) is 4.98 Å². The van der Waals surface area contributed by atoms with Gasteiger partial charge in [0.2, 0.25) is 0 Å². The van der Waals surface area contributed by atoms with Gasteiger partial charge in [-0.15, -0.1) is 0 Å². The number of nitriles is 1. The summed E-state index contributed by atoms with van der Waals surface area (Å²) >= 11 is 0. The van der Waals surface area contributed by atoms with Gasteiger partial charge in [0.15, 0.2) is 0 Å². The van der Waals surface area contributed by atoms with Crippen LogP contribution in [0.15, 0.2) is 24.3 Å². The predicted octanol–water partition coefficient (Wildman–Crippen LogP) is 2.48. The molecule has 6 heteroatoms. The quantitative estimate of drug-likeness (QED) is 0.627. The molecule has 1 heterocycles. The van der Waals surface area contributed by atoms with Gasteiger partial charge in [0.05, 0.1) is 16.8 Å². The number of aromatic hydroxyl groups is 1. The number of phenolic OH excluding ortho intramolecular Hbond substituents is 1. The van der Waals surface area contributed by atoms with Gasteiger partial charge >= 0.3 is 0 Å². The summed E-state index contributed by atoms with van der Waals surface area (Å²) in [5, 5.41) is 19.7. The molecule has 1 aromatic carbocycles. The van der Waals surface area contributed by atoms with E-state index in [0.29, 0.717) is 22.5 Å². The Morgan fingerprint density at radius 2 is 2.04 bits per heavy atom. The summed E-state index contributed by atoms with van der Waals surface area (Å²) in [6.45, 7) is 0. The van der Waals surface area contributed by atoms with Crippen LogP contribution in [0.25, 0.3) is 11.3 Å². The molecule has 1 fully saturated rings. The molecule has 0 amide bonds. The number of hydrogen-bond acceptors (Lipinski definition) is 6. The Bertz CT molecular complexity index is 792. The molecule has 0 spiro atoms. The summed E-state index contributed by atoms with van der Waals surface area (Å²) in [5.41, 5.74) is 20.7. The van der Waals surface area contributed by atoms with Crippen LogP contribution in [0.5, 0.6) is 5.75 Å². The first kappa shape index (κ1) is 16.1. The van der Waals surface area contributed by atoms with Crippen molar-refractivity contribution < 1.29 is 5.11 Å². The predicted molar refractivity (Wildman–Crippen MR) is 94.1 cm³/mol. The number of nitrogens with zero attached hydrogens (tertiary/aromatic N) is 2. The fourth-order valence-electron chi connectivity index (χ4n) is 3.50. The Kier molecular flexibility index (Phi) is 4.28. The van der Waals surface area contributed by atoms with Gasteiger partial charge in [0.1, 0.15) is 17.6 Å². The molecule has 2 aromatic rings. The van der Waals surface area contributed by atoms with E-state index in [1.165, 1.54) is 0 Å². The maximum atomic E-state index is 10.2. The van der Waals surface area contributed by atoms with E-state index in [-0.39, 0.29) is 23.5 Å². The number of pyridine rings is 1. The van der Waals surface area contributed by atoms with Crippen molar-refractivity contribution in [3.63, 3.8) is 0 Å². The van der Waals surface area contributed by atoms with E-state index in [2.05, 4.69) is 11.1 Å². The number of nitrogens with two attached hydrogens (primary N) is 3. The van der Waals surface area contributed by atoms with E-state index in [1.807, 2.05) is 6.07 Å². The average Bonchev–Trinajstić information content (AvgIpc) is 2.54. The van der Waals surface area contributed by atoms with Crippen molar-refractivity contribution in [3.05, 3.63) is 35.4 Å². The highest BCUT2D eigenvalue weighted by Crippen LogP contribution is 2.40. The molecule has 6 nitrogen and oxygen atoms in total. The molecule has 1 aliphatic rings. The van der Waals surface area contributed by atoms with Crippen LogP contribution in [-0.2, 0) is 0 Å². The lowest BCUT2D eigenvalue weighted by Gasteiger charge is -2.28. The number of aromatic nitrogens is 1. The zero-order chi connectivity index (χ0) is 17.3. The largest absolute Gasteiger partial charge is 0.507 e. The van der Waals surface area contributed by atoms with Crippen LogP contribution in [-0.4, -0.2) is 16.1 Å². The highest BCUT2D eigenvalue weighted by atomic mass is 16.3. The fourth-order valence-corrected chi connectivity index (χ4v) is 3.50. The molecular formula is C18H21N5O. The van der Waals surface area contributed by atoms with E-state index in [1.54, 1.807) is 18.2 Å². The summed E-state index contributed by atoms with van der Waals surface area (Å²) in [6, 6.07) is 9.03. The molecule has 24 heavy (non-hydrogen) atoms. The number of phenols is 1. The zero-order valence-electron chi connectivity index (χ0n) is 13.4. The Hall–Kier alpha value is -2.78. The Morgan fingerprint density at radius 1 is 1.25 bits per heavy atom. The Balaban J connectivity index is 2.15. The minimum atomic E-state index is 0.0397. The minimum Gasteiger partial charge on any atom is -0.507 e. The van der Waals surface area contributed by atoms with Crippen molar-refractivity contribution in [2.75, 3.05) is 11.5 Å². The standard InChI is InChI=1S/C18H21N5O/c19-9-13-12(10-3-1-4-11(20)7-10)8-15(23-18(13)22)17-14(21)5-2-6-16(17)24/h2,5-6,8,10-11,24H,1,3-4,7,20-21H2,(H2,22,23). The molecule has 1 aromatic heterocycles. The van der Waals surface area contributed by atoms with Crippen molar-refractivity contribution >= 4 is 11.5 Å². The molecule has 124 valence electrons. The monoisotopic (exact) mass is 323 g/mol. The van der Waals surface area contributed by atoms with E-state index in [0.717, 1.165) is 31.2 Å². The summed E-state index contributed by atoms with van der Waals surface area (Å²) in [4.78, 5) is 4.29. The first-order valence-corrected chi connectivity index (χ1v) is 8.05. The SMILES string of the molecule is N#Cc1c(C2CCCC(N)C2)cc(-c2c(N)cccc2O)nc1N. The van der Waals surface area contributed by atoms with Crippen molar-refractivity contribution in [3.8, 4) is 23.1 Å². The van der Waals surface area contributed by atoms with Crippen LogP contribution in [0, 0.1) is 11.3 Å². The summed E-state index contributed by atoms with van der Waals surface area (Å²) in [5.74, 6) is 0.365. The summed E-state index contributed by atoms with van der Waals surface area (Å²) < 4.78 is 0. The zero-order valence-corrected chi connectivity index (χ0v) is 13.4. The average molecular weight is 323 g/mol. The van der Waals surface area contributed by atoms with Gasteiger partial charge in [0, 0.05) is 11.7 Å². The van der Waals surface area contributed by atoms with Crippen molar-refractivity contribution in [1.82, 2.24) is 4.98 Å². The van der Waals surface area contributed by atoms with Gasteiger partial charge in [-0.3, -0.25) is 0 Å². The van der Waals surface area contributed by atoms with Crippen LogP contribution in [0.1, 0.15) is 42.7 Å². The number of rotatable bonds is 2. The molecular weight excluding hydrogens is 302 g/mol. The van der Waals surface area contributed by atoms with Crippen LogP contribution >= 0.6 is 0 Å². The maximum Gasteiger partial charge on any atom is 0.142 e. The van der Waals surface area contributed by atoms with Crippen LogP contribution in [0.3, 0.4) is 0 Å². The lowest BCUT2D eigenvalue weighted by Crippen LogP contribution is -2.27. The van der Waals surface area contributed by atoms with Crippen LogP contribution < -0.4 is 17.2 Å². The second-order valence-corrected chi connectivity index (χ2v) is 6.33. The lowest BCUT2D eigenvalue weighted by atomic mass is 9.80. The van der Waals surface area contributed by atoms with Gasteiger partial charge in [-0.05, 0) is 48.9 Å². The van der Waals surface area contributed by atoms with E-state index in [4.69, 9.17) is 17.2 Å². The van der Waals surface area contributed by atoms with Crippen molar-refractivity contribution in [2.45, 2.75) is 37.6 Å². The fraction of sp³-hybridized carbons (Fsp3) is 0.333. The van der Waals surface area contributed by atoms with Crippen LogP contribution in [0.2, 0.25) is 0 Å². The summed E-state index contributed by atoms with van der Waals surface area (Å²) in [7, 11) is 0. The van der Waals surface area contributed by atoms with Crippen LogP contribution in [0.4, 0.5) is 11.5 Å². The number of nitrogen functional groups attached to an aromatic ring is 2. The molecule has 0 bridgehead atoms.